The van der Waals surface area contributed by atoms with Crippen molar-refractivity contribution in [2.75, 3.05) is 0 Å². The maximum Gasteiger partial charge on any atom is 0.115 e. The molecule has 3 aromatic rings. The van der Waals surface area contributed by atoms with Crippen molar-refractivity contribution in [3.63, 3.8) is 0 Å². The second-order valence-electron chi connectivity index (χ2n) is 4.32. The van der Waals surface area contributed by atoms with Crippen LogP contribution in [0.3, 0.4) is 0 Å². The van der Waals surface area contributed by atoms with Gasteiger partial charge in [0.1, 0.15) is 5.01 Å². The third-order valence-corrected chi connectivity index (χ3v) is 4.92. The molecule has 19 heavy (non-hydrogen) atoms. The molecule has 2 nitrogen and oxygen atoms in total. The Balaban J connectivity index is 1.97. The lowest BCUT2D eigenvalue weighted by Gasteiger charge is -2.07. The van der Waals surface area contributed by atoms with Crippen molar-refractivity contribution in [2.45, 2.75) is 13.0 Å². The van der Waals surface area contributed by atoms with Crippen molar-refractivity contribution in [1.82, 2.24) is 4.98 Å². The van der Waals surface area contributed by atoms with Gasteiger partial charge in [-0.05, 0) is 23.9 Å². The van der Waals surface area contributed by atoms with E-state index in [-0.39, 0.29) is 6.04 Å². The zero-order chi connectivity index (χ0) is 13.2. The van der Waals surface area contributed by atoms with E-state index in [4.69, 9.17) is 10.7 Å². The molecule has 0 radical (unpaired) electrons. The van der Waals surface area contributed by atoms with Crippen LogP contribution in [0.5, 0.6) is 0 Å². The fourth-order valence-electron chi connectivity index (χ4n) is 1.99. The van der Waals surface area contributed by atoms with E-state index in [2.05, 4.69) is 24.4 Å². The summed E-state index contributed by atoms with van der Waals surface area (Å²) in [5.41, 5.74) is 8.48. The van der Waals surface area contributed by atoms with Crippen LogP contribution < -0.4 is 5.73 Å². The number of nitrogens with two attached hydrogens (primary N) is 1. The van der Waals surface area contributed by atoms with Gasteiger partial charge in [0.2, 0.25) is 0 Å². The van der Waals surface area contributed by atoms with Crippen LogP contribution in [0.4, 0.5) is 0 Å². The number of aromatic nitrogens is 1. The molecular formula is C15H14N2S2. The molecule has 0 aliphatic heterocycles. The zero-order valence-electron chi connectivity index (χ0n) is 10.5. The smallest absolute Gasteiger partial charge is 0.115 e. The van der Waals surface area contributed by atoms with Crippen LogP contribution in [0.15, 0.2) is 47.8 Å². The summed E-state index contributed by atoms with van der Waals surface area (Å²) in [5, 5.41) is 3.05. The maximum absolute atomic E-state index is 6.30. The molecule has 2 heterocycles. The second kappa shape index (κ2) is 5.25. The van der Waals surface area contributed by atoms with Gasteiger partial charge < -0.3 is 5.73 Å². The fraction of sp³-hybridized carbons (Fsp3) is 0.133. The Morgan fingerprint density at radius 1 is 1.11 bits per heavy atom. The largest absolute Gasteiger partial charge is 0.318 e. The summed E-state index contributed by atoms with van der Waals surface area (Å²) < 4.78 is 0. The molecule has 0 aliphatic carbocycles. The number of hydrogen-bond donors (Lipinski definition) is 1. The predicted molar refractivity (Wildman–Crippen MR) is 82.6 cm³/mol. The average molecular weight is 286 g/mol. The highest BCUT2D eigenvalue weighted by Gasteiger charge is 2.16. The lowest BCUT2D eigenvalue weighted by Crippen LogP contribution is -2.11. The Labute approximate surface area is 120 Å². The summed E-state index contributed by atoms with van der Waals surface area (Å²) in [6.45, 7) is 2.11. The van der Waals surface area contributed by atoms with Crippen LogP contribution in [0, 0.1) is 6.92 Å². The molecule has 0 spiro atoms. The highest BCUT2D eigenvalue weighted by Crippen LogP contribution is 2.33. The van der Waals surface area contributed by atoms with E-state index in [9.17, 15) is 0 Å². The molecule has 1 atom stereocenters. The number of aryl methyl sites for hydroxylation is 1. The molecule has 2 N–H and O–H groups in total. The molecule has 1 aromatic carbocycles. The minimum Gasteiger partial charge on any atom is -0.318 e. The lowest BCUT2D eigenvalue weighted by atomic mass is 10.1. The van der Waals surface area contributed by atoms with E-state index in [0.717, 1.165) is 16.3 Å². The van der Waals surface area contributed by atoms with Gasteiger partial charge in [-0.1, -0.05) is 36.4 Å². The van der Waals surface area contributed by atoms with Gasteiger partial charge in [0.25, 0.3) is 0 Å². The van der Waals surface area contributed by atoms with E-state index in [1.807, 2.05) is 30.3 Å². The molecule has 0 bridgehead atoms. The van der Waals surface area contributed by atoms with Crippen LogP contribution in [-0.4, -0.2) is 4.98 Å². The molecule has 0 aliphatic rings. The minimum absolute atomic E-state index is 0.140. The SMILES string of the molecule is Cc1sc(C(N)c2ccccc2)nc1-c1cccs1. The van der Waals surface area contributed by atoms with Crippen molar-refractivity contribution in [3.05, 3.63) is 63.3 Å². The van der Waals surface area contributed by atoms with Crippen molar-refractivity contribution in [3.8, 4) is 10.6 Å². The Hall–Kier alpha value is -1.49. The van der Waals surface area contributed by atoms with Crippen molar-refractivity contribution in [1.29, 1.82) is 0 Å². The van der Waals surface area contributed by atoms with Gasteiger partial charge in [-0.25, -0.2) is 4.98 Å². The van der Waals surface area contributed by atoms with Gasteiger partial charge in [0.05, 0.1) is 16.6 Å². The highest BCUT2D eigenvalue weighted by molar-refractivity contribution is 7.15. The molecule has 2 aromatic heterocycles. The summed E-state index contributed by atoms with van der Waals surface area (Å²) >= 11 is 3.40. The summed E-state index contributed by atoms with van der Waals surface area (Å²) in [6.07, 6.45) is 0. The highest BCUT2D eigenvalue weighted by atomic mass is 32.1. The summed E-state index contributed by atoms with van der Waals surface area (Å²) in [6, 6.07) is 14.1. The van der Waals surface area contributed by atoms with E-state index in [1.54, 1.807) is 22.7 Å². The molecular weight excluding hydrogens is 272 g/mol. The molecule has 96 valence electrons. The predicted octanol–water partition coefficient (Wildman–Crippen LogP) is 4.23. The molecule has 3 rings (SSSR count). The lowest BCUT2D eigenvalue weighted by molar-refractivity contribution is 0.859. The number of benzene rings is 1. The first kappa shape index (κ1) is 12.5. The number of hydrogen-bond acceptors (Lipinski definition) is 4. The normalized spacial score (nSPS) is 12.5. The van der Waals surface area contributed by atoms with Crippen LogP contribution in [0.1, 0.15) is 21.5 Å². The molecule has 0 saturated carbocycles. The van der Waals surface area contributed by atoms with Gasteiger partial charge >= 0.3 is 0 Å². The van der Waals surface area contributed by atoms with Crippen LogP contribution in [0.25, 0.3) is 10.6 Å². The average Bonchev–Trinajstić information content (AvgIpc) is 3.08. The Morgan fingerprint density at radius 3 is 2.58 bits per heavy atom. The number of rotatable bonds is 3. The summed E-state index contributed by atoms with van der Waals surface area (Å²) in [5.74, 6) is 0. The summed E-state index contributed by atoms with van der Waals surface area (Å²) in [7, 11) is 0. The van der Waals surface area contributed by atoms with E-state index in [0.29, 0.717) is 0 Å². The van der Waals surface area contributed by atoms with Crippen LogP contribution in [0.2, 0.25) is 0 Å². The number of thiophene rings is 1. The first-order valence-electron chi connectivity index (χ1n) is 6.07. The zero-order valence-corrected chi connectivity index (χ0v) is 12.2. The first-order valence-corrected chi connectivity index (χ1v) is 7.77. The van der Waals surface area contributed by atoms with Crippen molar-refractivity contribution in [2.24, 2.45) is 5.73 Å². The molecule has 4 heteroatoms. The van der Waals surface area contributed by atoms with Crippen molar-refractivity contribution >= 4 is 22.7 Å². The topological polar surface area (TPSA) is 38.9 Å². The van der Waals surface area contributed by atoms with Gasteiger partial charge in [-0.15, -0.1) is 22.7 Å². The maximum atomic E-state index is 6.30. The van der Waals surface area contributed by atoms with E-state index < -0.39 is 0 Å². The summed E-state index contributed by atoms with van der Waals surface area (Å²) in [4.78, 5) is 7.17. The van der Waals surface area contributed by atoms with Gasteiger partial charge in [-0.2, -0.15) is 0 Å². The first-order chi connectivity index (χ1) is 9.25. The standard InChI is InChI=1S/C15H14N2S2/c1-10-14(12-8-5-9-18-12)17-15(19-10)13(16)11-6-3-2-4-7-11/h2-9,13H,16H2,1H3. The van der Waals surface area contributed by atoms with Gasteiger partial charge in [0, 0.05) is 4.88 Å². The Kier molecular flexibility index (Phi) is 3.46. The molecule has 1 unspecified atom stereocenters. The van der Waals surface area contributed by atoms with Crippen LogP contribution in [-0.2, 0) is 0 Å². The third-order valence-electron chi connectivity index (χ3n) is 2.99. The molecule has 0 amide bonds. The van der Waals surface area contributed by atoms with Gasteiger partial charge in [-0.3, -0.25) is 0 Å². The van der Waals surface area contributed by atoms with E-state index >= 15 is 0 Å². The van der Waals surface area contributed by atoms with E-state index in [1.165, 1.54) is 9.75 Å². The van der Waals surface area contributed by atoms with Crippen molar-refractivity contribution < 1.29 is 0 Å². The Morgan fingerprint density at radius 2 is 1.89 bits per heavy atom. The quantitative estimate of drug-likeness (QED) is 0.782. The minimum atomic E-state index is -0.140. The van der Waals surface area contributed by atoms with Crippen LogP contribution >= 0.6 is 22.7 Å². The number of nitrogens with zero attached hydrogens (tertiary/aromatic N) is 1. The van der Waals surface area contributed by atoms with Gasteiger partial charge in [0.15, 0.2) is 0 Å². The second-order valence-corrected chi connectivity index (χ2v) is 6.51. The molecule has 0 saturated heterocycles. The fourth-order valence-corrected chi connectivity index (χ4v) is 3.80. The molecule has 0 fully saturated rings. The monoisotopic (exact) mass is 286 g/mol. The number of thiazole rings is 1. The Bertz CT molecular complexity index is 657. The third kappa shape index (κ3) is 2.47.